The number of sulfonamides is 1. The van der Waals surface area contributed by atoms with Crippen LogP contribution in [0.15, 0.2) is 51.9 Å². The lowest BCUT2D eigenvalue weighted by molar-refractivity contribution is 0.0924. The van der Waals surface area contributed by atoms with Gasteiger partial charge in [-0.1, -0.05) is 19.9 Å². The molecule has 0 atom stereocenters. The highest BCUT2D eigenvalue weighted by molar-refractivity contribution is 7.89. The predicted octanol–water partition coefficient (Wildman–Crippen LogP) is 3.10. The number of carbonyl (C=O) groups excluding carboxylic acids is 1. The first-order valence-corrected chi connectivity index (χ1v) is 10.5. The zero-order valence-electron chi connectivity index (χ0n) is 16.1. The molecule has 148 valence electrons. The molecule has 1 N–H and O–H groups in total. The van der Waals surface area contributed by atoms with Crippen LogP contribution in [0.1, 0.15) is 35.7 Å². The van der Waals surface area contributed by atoms with Crippen molar-refractivity contribution in [2.24, 2.45) is 0 Å². The van der Waals surface area contributed by atoms with Crippen LogP contribution in [0.25, 0.3) is 11.0 Å². The second-order valence-corrected chi connectivity index (χ2v) is 8.25. The first-order valence-electron chi connectivity index (χ1n) is 9.09. The van der Waals surface area contributed by atoms with Gasteiger partial charge in [0.05, 0.1) is 17.1 Å². The molecule has 2 heterocycles. The highest BCUT2D eigenvalue weighted by Crippen LogP contribution is 2.29. The van der Waals surface area contributed by atoms with E-state index in [2.05, 4.69) is 10.3 Å². The van der Waals surface area contributed by atoms with Gasteiger partial charge in [-0.2, -0.15) is 4.31 Å². The van der Waals surface area contributed by atoms with Crippen LogP contribution in [0.2, 0.25) is 0 Å². The standard InChI is InChI=1S/C20H23N3O4S/c1-4-23(5-2)28(25,26)16-9-10-18-17(12-16)14(3)19(27-18)20(24)22-13-15-8-6-7-11-21-15/h6-12H,4-5,13H2,1-3H3,(H,22,24). The molecule has 0 aliphatic carbocycles. The monoisotopic (exact) mass is 401 g/mol. The third kappa shape index (κ3) is 3.79. The molecule has 1 aromatic carbocycles. The van der Waals surface area contributed by atoms with Crippen LogP contribution in [0.5, 0.6) is 0 Å². The Hall–Kier alpha value is -2.71. The minimum absolute atomic E-state index is 0.170. The van der Waals surface area contributed by atoms with E-state index < -0.39 is 10.0 Å². The van der Waals surface area contributed by atoms with Crippen LogP contribution < -0.4 is 5.32 Å². The lowest BCUT2D eigenvalue weighted by atomic mass is 10.1. The second-order valence-electron chi connectivity index (χ2n) is 6.31. The Bertz CT molecular complexity index is 1090. The number of carbonyl (C=O) groups is 1. The summed E-state index contributed by atoms with van der Waals surface area (Å²) in [6.45, 7) is 6.40. The quantitative estimate of drug-likeness (QED) is 0.657. The van der Waals surface area contributed by atoms with E-state index in [4.69, 9.17) is 4.42 Å². The zero-order valence-corrected chi connectivity index (χ0v) is 16.9. The minimum atomic E-state index is -3.58. The maximum absolute atomic E-state index is 12.8. The summed E-state index contributed by atoms with van der Waals surface area (Å²) in [5, 5.41) is 3.38. The summed E-state index contributed by atoms with van der Waals surface area (Å²) >= 11 is 0. The number of aromatic nitrogens is 1. The molecular formula is C20H23N3O4S. The van der Waals surface area contributed by atoms with Crippen LogP contribution >= 0.6 is 0 Å². The third-order valence-corrected chi connectivity index (χ3v) is 6.66. The third-order valence-electron chi connectivity index (χ3n) is 4.61. The molecule has 0 aliphatic heterocycles. The van der Waals surface area contributed by atoms with Gasteiger partial charge in [-0.25, -0.2) is 8.42 Å². The topological polar surface area (TPSA) is 92.5 Å². The van der Waals surface area contributed by atoms with E-state index in [1.807, 2.05) is 12.1 Å². The summed E-state index contributed by atoms with van der Waals surface area (Å²) in [4.78, 5) is 16.9. The molecule has 28 heavy (non-hydrogen) atoms. The number of fused-ring (bicyclic) bond motifs is 1. The second kappa shape index (κ2) is 8.12. The van der Waals surface area contributed by atoms with Crippen molar-refractivity contribution < 1.29 is 17.6 Å². The first kappa shape index (κ1) is 20.0. The van der Waals surface area contributed by atoms with Gasteiger partial charge in [0.25, 0.3) is 5.91 Å². The average Bonchev–Trinajstić information content (AvgIpc) is 3.04. The largest absolute Gasteiger partial charge is 0.451 e. The van der Waals surface area contributed by atoms with Gasteiger partial charge in [0, 0.05) is 30.2 Å². The number of nitrogens with zero attached hydrogens (tertiary/aromatic N) is 2. The van der Waals surface area contributed by atoms with Crippen LogP contribution in [-0.2, 0) is 16.6 Å². The summed E-state index contributed by atoms with van der Waals surface area (Å²) in [5.41, 5.74) is 1.81. The molecule has 1 amide bonds. The van der Waals surface area contributed by atoms with Crippen LogP contribution in [-0.4, -0.2) is 36.7 Å². The number of hydrogen-bond donors (Lipinski definition) is 1. The van der Waals surface area contributed by atoms with E-state index in [1.54, 1.807) is 45.2 Å². The van der Waals surface area contributed by atoms with Crippen molar-refractivity contribution in [3.63, 3.8) is 0 Å². The summed E-state index contributed by atoms with van der Waals surface area (Å²) in [6, 6.07) is 10.1. The van der Waals surface area contributed by atoms with E-state index in [-0.39, 0.29) is 23.1 Å². The Labute approximate surface area is 164 Å². The number of pyridine rings is 1. The Kier molecular flexibility index (Phi) is 5.81. The molecule has 0 saturated carbocycles. The highest BCUT2D eigenvalue weighted by atomic mass is 32.2. The fraction of sp³-hybridized carbons (Fsp3) is 0.300. The molecule has 2 aromatic heterocycles. The SMILES string of the molecule is CCN(CC)S(=O)(=O)c1ccc2oc(C(=O)NCc3ccccn3)c(C)c2c1. The average molecular weight is 401 g/mol. The maximum atomic E-state index is 12.8. The van der Waals surface area contributed by atoms with Crippen molar-refractivity contribution in [2.75, 3.05) is 13.1 Å². The Morgan fingerprint density at radius 3 is 2.57 bits per heavy atom. The van der Waals surface area contributed by atoms with Gasteiger partial charge in [-0.3, -0.25) is 9.78 Å². The van der Waals surface area contributed by atoms with Crippen molar-refractivity contribution >= 4 is 26.9 Å². The van der Waals surface area contributed by atoms with Gasteiger partial charge in [0.15, 0.2) is 5.76 Å². The number of hydrogen-bond acceptors (Lipinski definition) is 5. The molecule has 8 heteroatoms. The van der Waals surface area contributed by atoms with Gasteiger partial charge in [-0.15, -0.1) is 0 Å². The van der Waals surface area contributed by atoms with E-state index in [0.717, 1.165) is 5.69 Å². The van der Waals surface area contributed by atoms with Crippen molar-refractivity contribution in [1.29, 1.82) is 0 Å². The Morgan fingerprint density at radius 1 is 1.18 bits per heavy atom. The molecule has 0 radical (unpaired) electrons. The molecule has 0 spiro atoms. The number of benzene rings is 1. The van der Waals surface area contributed by atoms with Crippen molar-refractivity contribution in [3.8, 4) is 0 Å². The molecular weight excluding hydrogens is 378 g/mol. The molecule has 3 aromatic rings. The fourth-order valence-electron chi connectivity index (χ4n) is 3.04. The molecule has 7 nitrogen and oxygen atoms in total. The van der Waals surface area contributed by atoms with Gasteiger partial charge >= 0.3 is 0 Å². The van der Waals surface area contributed by atoms with Crippen molar-refractivity contribution in [3.05, 3.63) is 59.6 Å². The normalized spacial score (nSPS) is 11.9. The first-order chi connectivity index (χ1) is 13.4. The Morgan fingerprint density at radius 2 is 1.93 bits per heavy atom. The van der Waals surface area contributed by atoms with Crippen molar-refractivity contribution in [2.45, 2.75) is 32.2 Å². The maximum Gasteiger partial charge on any atom is 0.287 e. The zero-order chi connectivity index (χ0) is 20.3. The van der Waals surface area contributed by atoms with Gasteiger partial charge < -0.3 is 9.73 Å². The lowest BCUT2D eigenvalue weighted by Gasteiger charge is -2.18. The smallest absolute Gasteiger partial charge is 0.287 e. The van der Waals surface area contributed by atoms with Gasteiger partial charge in [-0.05, 0) is 37.3 Å². The fourth-order valence-corrected chi connectivity index (χ4v) is 4.53. The summed E-state index contributed by atoms with van der Waals surface area (Å²) in [5.74, 6) is -0.198. The number of rotatable bonds is 7. The summed E-state index contributed by atoms with van der Waals surface area (Å²) < 4.78 is 32.6. The lowest BCUT2D eigenvalue weighted by Crippen LogP contribution is -2.30. The Balaban J connectivity index is 1.90. The van der Waals surface area contributed by atoms with Crippen LogP contribution in [0.4, 0.5) is 0 Å². The van der Waals surface area contributed by atoms with Crippen molar-refractivity contribution in [1.82, 2.24) is 14.6 Å². The number of furan rings is 1. The van der Waals surface area contributed by atoms with Crippen LogP contribution in [0, 0.1) is 6.92 Å². The number of aryl methyl sites for hydroxylation is 1. The van der Waals surface area contributed by atoms with Crippen LogP contribution in [0.3, 0.4) is 0 Å². The van der Waals surface area contributed by atoms with E-state index in [1.165, 1.54) is 10.4 Å². The van der Waals surface area contributed by atoms with E-state index in [0.29, 0.717) is 29.6 Å². The predicted molar refractivity (Wildman–Crippen MR) is 106 cm³/mol. The number of amides is 1. The molecule has 0 fully saturated rings. The molecule has 3 rings (SSSR count). The van der Waals surface area contributed by atoms with Gasteiger partial charge in [0.1, 0.15) is 5.58 Å². The molecule has 0 saturated heterocycles. The molecule has 0 bridgehead atoms. The highest BCUT2D eigenvalue weighted by Gasteiger charge is 2.24. The summed E-state index contributed by atoms with van der Waals surface area (Å²) in [6.07, 6.45) is 1.66. The van der Waals surface area contributed by atoms with E-state index >= 15 is 0 Å². The number of nitrogens with one attached hydrogen (secondary N) is 1. The molecule has 0 unspecified atom stereocenters. The molecule has 0 aliphatic rings. The van der Waals surface area contributed by atoms with Gasteiger partial charge in [0.2, 0.25) is 10.0 Å². The van der Waals surface area contributed by atoms with E-state index in [9.17, 15) is 13.2 Å². The minimum Gasteiger partial charge on any atom is -0.451 e. The summed E-state index contributed by atoms with van der Waals surface area (Å²) in [7, 11) is -3.58.